The number of aryl methyl sites for hydroxylation is 1. The van der Waals surface area contributed by atoms with Crippen LogP contribution in [0.1, 0.15) is 15.2 Å². The highest BCUT2D eigenvalue weighted by Crippen LogP contribution is 2.19. The second-order valence-electron chi connectivity index (χ2n) is 4.83. The van der Waals surface area contributed by atoms with Crippen molar-refractivity contribution in [2.45, 2.75) is 6.92 Å². The van der Waals surface area contributed by atoms with E-state index in [4.69, 9.17) is 16.3 Å². The lowest BCUT2D eigenvalue weighted by atomic mass is 10.2. The van der Waals surface area contributed by atoms with E-state index in [2.05, 4.69) is 10.6 Å². The van der Waals surface area contributed by atoms with Crippen molar-refractivity contribution in [3.05, 3.63) is 51.2 Å². The second-order valence-corrected chi connectivity index (χ2v) is 6.21. The Balaban J connectivity index is 1.73. The van der Waals surface area contributed by atoms with Gasteiger partial charge in [-0.3, -0.25) is 14.4 Å². The molecule has 1 aromatic heterocycles. The average molecular weight is 367 g/mol. The van der Waals surface area contributed by atoms with Gasteiger partial charge in [0.05, 0.1) is 4.88 Å². The summed E-state index contributed by atoms with van der Waals surface area (Å²) in [4.78, 5) is 35.5. The molecule has 0 saturated heterocycles. The Morgan fingerprint density at radius 3 is 2.71 bits per heavy atom. The number of nitrogens with one attached hydrogen (secondary N) is 2. The van der Waals surface area contributed by atoms with Crippen LogP contribution in [0.2, 0.25) is 5.02 Å². The first-order valence-electron chi connectivity index (χ1n) is 6.99. The van der Waals surface area contributed by atoms with Gasteiger partial charge in [0.25, 0.3) is 11.8 Å². The number of esters is 1. The molecule has 0 bridgehead atoms. The number of anilines is 1. The summed E-state index contributed by atoms with van der Waals surface area (Å²) in [7, 11) is 0. The predicted molar refractivity (Wildman–Crippen MR) is 92.4 cm³/mol. The van der Waals surface area contributed by atoms with E-state index in [1.807, 2.05) is 0 Å². The molecular formula is C16H15ClN2O4S. The molecule has 2 amide bonds. The minimum Gasteiger partial charge on any atom is -0.454 e. The third kappa shape index (κ3) is 5.36. The third-order valence-electron chi connectivity index (χ3n) is 2.97. The lowest BCUT2D eigenvalue weighted by Gasteiger charge is -2.09. The van der Waals surface area contributed by atoms with Crippen LogP contribution in [0.15, 0.2) is 35.7 Å². The summed E-state index contributed by atoms with van der Waals surface area (Å²) < 4.78 is 4.82. The molecule has 0 atom stereocenters. The standard InChI is InChI=1S/C16H15ClN2O4S/c1-10-7-11(17)4-5-12(10)19-14(20)9-23-15(21)8-18-16(22)13-3-2-6-24-13/h2-7H,8-9H2,1H3,(H,18,22)(H,19,20). The number of hydrogen-bond donors (Lipinski definition) is 2. The number of thiophene rings is 1. The van der Waals surface area contributed by atoms with Crippen LogP contribution in [0.4, 0.5) is 5.69 Å². The zero-order valence-electron chi connectivity index (χ0n) is 12.8. The fraction of sp³-hybridized carbons (Fsp3) is 0.188. The van der Waals surface area contributed by atoms with Gasteiger partial charge in [-0.2, -0.15) is 0 Å². The minimum absolute atomic E-state index is 0.302. The molecule has 0 fully saturated rings. The van der Waals surface area contributed by atoms with Crippen molar-refractivity contribution in [2.75, 3.05) is 18.5 Å². The fourth-order valence-corrected chi connectivity index (χ4v) is 2.66. The van der Waals surface area contributed by atoms with E-state index in [9.17, 15) is 14.4 Å². The molecule has 2 rings (SSSR count). The minimum atomic E-state index is -0.692. The highest BCUT2D eigenvalue weighted by atomic mass is 35.5. The molecular weight excluding hydrogens is 352 g/mol. The Hall–Kier alpha value is -2.38. The Morgan fingerprint density at radius 1 is 1.25 bits per heavy atom. The van der Waals surface area contributed by atoms with Crippen molar-refractivity contribution in [3.8, 4) is 0 Å². The van der Waals surface area contributed by atoms with Crippen molar-refractivity contribution in [2.24, 2.45) is 0 Å². The number of amides is 2. The lowest BCUT2D eigenvalue weighted by molar-refractivity contribution is -0.146. The maximum absolute atomic E-state index is 11.8. The first-order chi connectivity index (χ1) is 11.5. The van der Waals surface area contributed by atoms with Gasteiger partial charge in [0.1, 0.15) is 6.54 Å². The van der Waals surface area contributed by atoms with E-state index in [1.165, 1.54) is 11.3 Å². The average Bonchev–Trinajstić information content (AvgIpc) is 3.08. The normalized spacial score (nSPS) is 10.1. The molecule has 6 nitrogen and oxygen atoms in total. The van der Waals surface area contributed by atoms with E-state index < -0.39 is 18.5 Å². The Bertz CT molecular complexity index is 747. The van der Waals surface area contributed by atoms with Crippen LogP contribution in [0.3, 0.4) is 0 Å². The Morgan fingerprint density at radius 2 is 2.04 bits per heavy atom. The molecule has 0 aliphatic rings. The number of carbonyl (C=O) groups excluding carboxylic acids is 3. The summed E-state index contributed by atoms with van der Waals surface area (Å²) in [6, 6.07) is 8.41. The lowest BCUT2D eigenvalue weighted by Crippen LogP contribution is -2.31. The molecule has 0 aliphatic heterocycles. The summed E-state index contributed by atoms with van der Waals surface area (Å²) >= 11 is 7.10. The van der Waals surface area contributed by atoms with Gasteiger partial charge in [0.2, 0.25) is 0 Å². The van der Waals surface area contributed by atoms with E-state index in [1.54, 1.807) is 42.6 Å². The van der Waals surface area contributed by atoms with Crippen molar-refractivity contribution >= 4 is 46.4 Å². The summed E-state index contributed by atoms with van der Waals surface area (Å²) in [6.07, 6.45) is 0. The summed E-state index contributed by atoms with van der Waals surface area (Å²) in [6.45, 7) is 1.06. The SMILES string of the molecule is Cc1cc(Cl)ccc1NC(=O)COC(=O)CNC(=O)c1cccs1. The zero-order valence-corrected chi connectivity index (χ0v) is 14.4. The molecule has 0 saturated carbocycles. The maximum Gasteiger partial charge on any atom is 0.325 e. The molecule has 0 unspecified atom stereocenters. The van der Waals surface area contributed by atoms with Crippen molar-refractivity contribution in [1.29, 1.82) is 0 Å². The molecule has 0 radical (unpaired) electrons. The number of halogens is 1. The molecule has 0 spiro atoms. The van der Waals surface area contributed by atoms with Gasteiger partial charge in [-0.05, 0) is 42.1 Å². The van der Waals surface area contributed by atoms with Crippen LogP contribution in [-0.4, -0.2) is 30.9 Å². The summed E-state index contributed by atoms with van der Waals surface area (Å²) in [5.41, 5.74) is 1.39. The number of ether oxygens (including phenoxy) is 1. The largest absolute Gasteiger partial charge is 0.454 e. The van der Waals surface area contributed by atoms with Gasteiger partial charge in [-0.15, -0.1) is 11.3 Å². The highest BCUT2D eigenvalue weighted by molar-refractivity contribution is 7.12. The monoisotopic (exact) mass is 366 g/mol. The highest BCUT2D eigenvalue weighted by Gasteiger charge is 2.12. The van der Waals surface area contributed by atoms with E-state index in [0.29, 0.717) is 15.6 Å². The van der Waals surface area contributed by atoms with Crippen molar-refractivity contribution in [3.63, 3.8) is 0 Å². The predicted octanol–water partition coefficient (Wildman–Crippen LogP) is 2.62. The number of carbonyl (C=O) groups is 3. The van der Waals surface area contributed by atoms with Crippen LogP contribution in [-0.2, 0) is 14.3 Å². The van der Waals surface area contributed by atoms with Crippen LogP contribution in [0.5, 0.6) is 0 Å². The summed E-state index contributed by atoms with van der Waals surface area (Å²) in [5, 5.41) is 7.37. The topological polar surface area (TPSA) is 84.5 Å². The molecule has 2 aromatic rings. The molecule has 0 aliphatic carbocycles. The van der Waals surface area contributed by atoms with Crippen molar-refractivity contribution < 1.29 is 19.1 Å². The second kappa shape index (κ2) is 8.47. The molecule has 1 heterocycles. The molecule has 2 N–H and O–H groups in total. The quantitative estimate of drug-likeness (QED) is 0.770. The van der Waals surface area contributed by atoms with Gasteiger partial charge in [0, 0.05) is 10.7 Å². The van der Waals surface area contributed by atoms with Gasteiger partial charge >= 0.3 is 5.97 Å². The van der Waals surface area contributed by atoms with E-state index >= 15 is 0 Å². The molecule has 126 valence electrons. The van der Waals surface area contributed by atoms with Gasteiger partial charge < -0.3 is 15.4 Å². The van der Waals surface area contributed by atoms with E-state index in [-0.39, 0.29) is 12.5 Å². The van der Waals surface area contributed by atoms with Crippen LogP contribution in [0, 0.1) is 6.92 Å². The van der Waals surface area contributed by atoms with Gasteiger partial charge in [-0.1, -0.05) is 17.7 Å². The smallest absolute Gasteiger partial charge is 0.325 e. The molecule has 8 heteroatoms. The van der Waals surface area contributed by atoms with E-state index in [0.717, 1.165) is 5.56 Å². The number of rotatable bonds is 6. The fourth-order valence-electron chi connectivity index (χ4n) is 1.80. The molecule has 24 heavy (non-hydrogen) atoms. The number of hydrogen-bond acceptors (Lipinski definition) is 5. The Kier molecular flexibility index (Phi) is 6.34. The molecule has 1 aromatic carbocycles. The number of benzene rings is 1. The van der Waals surface area contributed by atoms with Crippen molar-refractivity contribution in [1.82, 2.24) is 5.32 Å². The first-order valence-corrected chi connectivity index (χ1v) is 8.25. The summed E-state index contributed by atoms with van der Waals surface area (Å²) in [5.74, 6) is -1.52. The maximum atomic E-state index is 11.8. The zero-order chi connectivity index (χ0) is 17.5. The van der Waals surface area contributed by atoms with Gasteiger partial charge in [-0.25, -0.2) is 0 Å². The van der Waals surface area contributed by atoms with Crippen LogP contribution in [0.25, 0.3) is 0 Å². The van der Waals surface area contributed by atoms with Crippen LogP contribution >= 0.6 is 22.9 Å². The third-order valence-corrected chi connectivity index (χ3v) is 4.07. The first kappa shape index (κ1) is 18.0. The van der Waals surface area contributed by atoms with Gasteiger partial charge in [0.15, 0.2) is 6.61 Å². The van der Waals surface area contributed by atoms with Crippen LogP contribution < -0.4 is 10.6 Å². The Labute approximate surface area is 147 Å².